The lowest BCUT2D eigenvalue weighted by Crippen LogP contribution is -2.03. The molecule has 1 radical (unpaired) electrons. The Kier molecular flexibility index (Phi) is 9.17. The molecule has 1 aromatic carbocycles. The van der Waals surface area contributed by atoms with Gasteiger partial charge in [0.05, 0.1) is 0 Å². The lowest BCUT2D eigenvalue weighted by Gasteiger charge is -2.10. The van der Waals surface area contributed by atoms with Gasteiger partial charge in [0.2, 0.25) is 0 Å². The average Bonchev–Trinajstić information content (AvgIpc) is 2.45. The Morgan fingerprint density at radius 2 is 1.63 bits per heavy atom. The topological polar surface area (TPSA) is 29.1 Å². The second kappa shape index (κ2) is 10.9. The highest BCUT2D eigenvalue weighted by Gasteiger charge is 2.02. The lowest BCUT2D eigenvalue weighted by molar-refractivity contribution is 0.137. The number of rotatable bonds is 11. The van der Waals surface area contributed by atoms with Crippen molar-refractivity contribution in [3.8, 4) is 5.75 Å². The zero-order valence-corrected chi connectivity index (χ0v) is 12.2. The first-order valence-corrected chi connectivity index (χ1v) is 7.67. The molecular formula is C17H27O2. The van der Waals surface area contributed by atoms with E-state index in [0.29, 0.717) is 0 Å². The van der Waals surface area contributed by atoms with Crippen molar-refractivity contribution in [1.29, 1.82) is 0 Å². The van der Waals surface area contributed by atoms with Crippen molar-refractivity contribution in [3.05, 3.63) is 29.8 Å². The van der Waals surface area contributed by atoms with Crippen LogP contribution < -0.4 is 4.74 Å². The normalized spacial score (nSPS) is 10.6. The molecule has 19 heavy (non-hydrogen) atoms. The third-order valence-electron chi connectivity index (χ3n) is 3.36. The third-order valence-corrected chi connectivity index (χ3v) is 3.36. The van der Waals surface area contributed by atoms with Crippen LogP contribution in [0.4, 0.5) is 0 Å². The van der Waals surface area contributed by atoms with Crippen molar-refractivity contribution in [2.75, 3.05) is 13.2 Å². The van der Waals surface area contributed by atoms with E-state index < -0.39 is 0 Å². The van der Waals surface area contributed by atoms with Gasteiger partial charge in [-0.1, -0.05) is 63.6 Å². The maximum atomic E-state index is 10.5. The minimum absolute atomic E-state index is 0.175. The second-order valence-electron chi connectivity index (χ2n) is 5.03. The molecule has 0 aliphatic heterocycles. The molecule has 0 aromatic heterocycles. The maximum absolute atomic E-state index is 10.5. The van der Waals surface area contributed by atoms with Crippen LogP contribution in [0, 0.1) is 0 Å². The number of aryl methyl sites for hydroxylation is 1. The minimum atomic E-state index is -0.175. The Morgan fingerprint density at radius 3 is 2.37 bits per heavy atom. The Balaban J connectivity index is 2.21. The average molecular weight is 263 g/mol. The molecule has 0 amide bonds. The number of hydrogen-bond donors (Lipinski definition) is 0. The van der Waals surface area contributed by atoms with E-state index >= 15 is 0 Å². The van der Waals surface area contributed by atoms with E-state index in [-0.39, 0.29) is 13.2 Å². The maximum Gasteiger partial charge on any atom is 0.122 e. The summed E-state index contributed by atoms with van der Waals surface area (Å²) in [5.74, 6) is 0.893. The first-order chi connectivity index (χ1) is 9.38. The molecule has 107 valence electrons. The molecule has 0 unspecified atom stereocenters. The highest BCUT2D eigenvalue weighted by Crippen LogP contribution is 2.20. The Hall–Kier alpha value is -1.02. The van der Waals surface area contributed by atoms with E-state index in [1.165, 1.54) is 50.5 Å². The monoisotopic (exact) mass is 263 g/mol. The fraction of sp³-hybridized carbons (Fsp3) is 0.647. The van der Waals surface area contributed by atoms with Crippen LogP contribution in [0.25, 0.3) is 0 Å². The van der Waals surface area contributed by atoms with Crippen LogP contribution >= 0.6 is 0 Å². The predicted octanol–water partition coefficient (Wildman–Crippen LogP) is 4.79. The third kappa shape index (κ3) is 7.22. The van der Waals surface area contributed by atoms with Gasteiger partial charge in [-0.3, -0.25) is 0 Å². The van der Waals surface area contributed by atoms with Gasteiger partial charge < -0.3 is 4.74 Å². The quantitative estimate of drug-likeness (QED) is 0.528. The standard InChI is InChI=1S/C17H27O2/c1-2-3-4-5-6-7-8-11-16-12-9-10-13-17(16)19-15-14-18/h9-10,12-13H,2-8,11,14-15H2,1H3. The van der Waals surface area contributed by atoms with Crippen LogP contribution in [0.5, 0.6) is 5.75 Å². The van der Waals surface area contributed by atoms with Crippen LogP contribution in [-0.2, 0) is 11.5 Å². The summed E-state index contributed by atoms with van der Waals surface area (Å²) in [6.07, 6.45) is 10.3. The van der Waals surface area contributed by atoms with Crippen molar-refractivity contribution in [3.63, 3.8) is 0 Å². The smallest absolute Gasteiger partial charge is 0.122 e. The molecule has 0 saturated heterocycles. The molecule has 0 spiro atoms. The number of ether oxygens (including phenoxy) is 1. The number of benzene rings is 1. The van der Waals surface area contributed by atoms with Gasteiger partial charge >= 0.3 is 0 Å². The van der Waals surface area contributed by atoms with E-state index in [0.717, 1.165) is 12.2 Å². The molecule has 0 N–H and O–H groups in total. The molecule has 1 aromatic rings. The summed E-state index contributed by atoms with van der Waals surface area (Å²) in [5.41, 5.74) is 1.24. The summed E-state index contributed by atoms with van der Waals surface area (Å²) >= 11 is 0. The van der Waals surface area contributed by atoms with E-state index in [1.807, 2.05) is 18.2 Å². The van der Waals surface area contributed by atoms with Crippen LogP contribution in [0.2, 0.25) is 0 Å². The zero-order chi connectivity index (χ0) is 13.8. The van der Waals surface area contributed by atoms with Gasteiger partial charge in [-0.25, -0.2) is 5.11 Å². The van der Waals surface area contributed by atoms with Gasteiger partial charge in [0.15, 0.2) is 0 Å². The van der Waals surface area contributed by atoms with Crippen molar-refractivity contribution in [2.24, 2.45) is 0 Å². The number of unbranched alkanes of at least 4 members (excludes halogenated alkanes) is 6. The molecule has 0 aliphatic rings. The first-order valence-electron chi connectivity index (χ1n) is 7.67. The molecule has 0 heterocycles. The number of hydrogen-bond acceptors (Lipinski definition) is 1. The molecule has 0 aliphatic carbocycles. The SMILES string of the molecule is CCCCCCCCCc1ccccc1OCC[O]. The molecule has 0 fully saturated rings. The van der Waals surface area contributed by atoms with Gasteiger partial charge in [0.1, 0.15) is 19.0 Å². The van der Waals surface area contributed by atoms with Gasteiger partial charge in [-0.05, 0) is 24.5 Å². The molecule has 0 saturated carbocycles. The van der Waals surface area contributed by atoms with Crippen LogP contribution in [0.1, 0.15) is 57.4 Å². The van der Waals surface area contributed by atoms with Crippen molar-refractivity contribution >= 4 is 0 Å². The summed E-state index contributed by atoms with van der Waals surface area (Å²) in [5, 5.41) is 10.5. The minimum Gasteiger partial charge on any atom is -0.491 e. The van der Waals surface area contributed by atoms with Gasteiger partial charge in [-0.2, -0.15) is 0 Å². The summed E-state index contributed by atoms with van der Waals surface area (Å²) in [7, 11) is 0. The highest BCUT2D eigenvalue weighted by molar-refractivity contribution is 5.33. The second-order valence-corrected chi connectivity index (χ2v) is 5.03. The van der Waals surface area contributed by atoms with Crippen LogP contribution in [-0.4, -0.2) is 13.2 Å². The molecule has 0 atom stereocenters. The van der Waals surface area contributed by atoms with E-state index in [2.05, 4.69) is 13.0 Å². The van der Waals surface area contributed by atoms with E-state index in [9.17, 15) is 5.11 Å². The molecule has 2 nitrogen and oxygen atoms in total. The molecular weight excluding hydrogens is 236 g/mol. The fourth-order valence-corrected chi connectivity index (χ4v) is 2.28. The number of para-hydroxylation sites is 1. The Morgan fingerprint density at radius 1 is 0.947 bits per heavy atom. The fourth-order valence-electron chi connectivity index (χ4n) is 2.28. The van der Waals surface area contributed by atoms with E-state index in [1.54, 1.807) is 0 Å². The summed E-state index contributed by atoms with van der Waals surface area (Å²) in [6, 6.07) is 8.08. The predicted molar refractivity (Wildman–Crippen MR) is 79.2 cm³/mol. The van der Waals surface area contributed by atoms with E-state index in [4.69, 9.17) is 4.74 Å². The summed E-state index contributed by atoms with van der Waals surface area (Å²) in [4.78, 5) is 0. The lowest BCUT2D eigenvalue weighted by atomic mass is 10.0. The Labute approximate surface area is 117 Å². The van der Waals surface area contributed by atoms with Crippen LogP contribution in [0.15, 0.2) is 24.3 Å². The zero-order valence-electron chi connectivity index (χ0n) is 12.2. The van der Waals surface area contributed by atoms with Crippen molar-refractivity contribution < 1.29 is 9.84 Å². The summed E-state index contributed by atoms with van der Waals surface area (Å²) < 4.78 is 5.48. The highest BCUT2D eigenvalue weighted by atomic mass is 16.5. The molecule has 2 heteroatoms. The summed E-state index contributed by atoms with van der Waals surface area (Å²) in [6.45, 7) is 2.35. The Bertz CT molecular complexity index is 323. The van der Waals surface area contributed by atoms with Gasteiger partial charge in [-0.15, -0.1) is 0 Å². The van der Waals surface area contributed by atoms with Gasteiger partial charge in [0.25, 0.3) is 0 Å². The first kappa shape index (κ1) is 16.0. The molecule has 0 bridgehead atoms. The molecule has 1 rings (SSSR count). The van der Waals surface area contributed by atoms with Crippen LogP contribution in [0.3, 0.4) is 0 Å². The van der Waals surface area contributed by atoms with Crippen molar-refractivity contribution in [2.45, 2.75) is 58.3 Å². The van der Waals surface area contributed by atoms with Crippen molar-refractivity contribution in [1.82, 2.24) is 0 Å². The van der Waals surface area contributed by atoms with Gasteiger partial charge in [0, 0.05) is 0 Å². The largest absolute Gasteiger partial charge is 0.491 e.